The highest BCUT2D eigenvalue weighted by Crippen LogP contribution is 2.30. The third-order valence-electron chi connectivity index (χ3n) is 3.23. The Kier molecular flexibility index (Phi) is 6.06. The van der Waals surface area contributed by atoms with Gasteiger partial charge in [-0.2, -0.15) is 0 Å². The monoisotopic (exact) mass is 369 g/mol. The van der Waals surface area contributed by atoms with Crippen molar-refractivity contribution in [1.82, 2.24) is 10.2 Å². The molecule has 23 heavy (non-hydrogen) atoms. The number of aromatic nitrogens is 2. The van der Waals surface area contributed by atoms with Gasteiger partial charge in [0.25, 0.3) is 0 Å². The summed E-state index contributed by atoms with van der Waals surface area (Å²) in [6.07, 6.45) is 1.96. The summed E-state index contributed by atoms with van der Waals surface area (Å²) in [6.45, 7) is 6.26. The minimum atomic E-state index is -0.615. The molecule has 0 aliphatic rings. The lowest BCUT2D eigenvalue weighted by molar-refractivity contribution is -0.120. The van der Waals surface area contributed by atoms with Crippen molar-refractivity contribution in [3.63, 3.8) is 0 Å². The third kappa shape index (κ3) is 4.68. The number of anilines is 1. The van der Waals surface area contributed by atoms with Gasteiger partial charge < -0.3 is 4.90 Å². The first-order valence-electron chi connectivity index (χ1n) is 7.20. The van der Waals surface area contributed by atoms with E-state index in [1.54, 1.807) is 16.7 Å². The van der Waals surface area contributed by atoms with Crippen LogP contribution >= 0.6 is 34.7 Å². The second-order valence-corrected chi connectivity index (χ2v) is 8.71. The molecular weight excluding hydrogens is 350 g/mol. The fraction of sp³-hybridized carbons (Fsp3) is 0.438. The summed E-state index contributed by atoms with van der Waals surface area (Å²) in [5, 5.41) is 8.44. The van der Waals surface area contributed by atoms with E-state index < -0.39 is 5.38 Å². The Morgan fingerprint density at radius 2 is 1.96 bits per heavy atom. The van der Waals surface area contributed by atoms with E-state index in [9.17, 15) is 4.79 Å². The summed E-state index contributed by atoms with van der Waals surface area (Å²) < 4.78 is 0.888. The van der Waals surface area contributed by atoms with Crippen molar-refractivity contribution in [3.8, 4) is 0 Å². The smallest absolute Gasteiger partial charge is 0.245 e. The Bertz CT molecular complexity index is 655. The van der Waals surface area contributed by atoms with Crippen LogP contribution < -0.4 is 4.90 Å². The maximum absolute atomic E-state index is 12.9. The van der Waals surface area contributed by atoms with E-state index in [0.29, 0.717) is 6.54 Å². The van der Waals surface area contributed by atoms with E-state index in [4.69, 9.17) is 11.6 Å². The molecular formula is C16H20ClN3OS2. The molecule has 0 bridgehead atoms. The molecule has 2 rings (SSSR count). The lowest BCUT2D eigenvalue weighted by Crippen LogP contribution is -2.42. The van der Waals surface area contributed by atoms with Crippen molar-refractivity contribution in [2.24, 2.45) is 5.41 Å². The number of carbonyl (C=O) groups excluding carboxylic acids is 1. The van der Waals surface area contributed by atoms with Crippen LogP contribution in [-0.2, 0) is 11.3 Å². The molecule has 0 spiro atoms. The number of amides is 1. The summed E-state index contributed by atoms with van der Waals surface area (Å²) in [6, 6.07) is 9.54. The lowest BCUT2D eigenvalue weighted by atomic mass is 9.91. The molecule has 1 unspecified atom stereocenters. The number of nitrogens with zero attached hydrogens (tertiary/aromatic N) is 3. The summed E-state index contributed by atoms with van der Waals surface area (Å²) in [5.41, 5.74) is 0.491. The van der Waals surface area contributed by atoms with Gasteiger partial charge in [0.1, 0.15) is 10.4 Å². The molecule has 0 aliphatic heterocycles. The first-order valence-corrected chi connectivity index (χ1v) is 9.67. The van der Waals surface area contributed by atoms with Crippen LogP contribution in [0.4, 0.5) is 5.69 Å². The van der Waals surface area contributed by atoms with Crippen LogP contribution in [0.2, 0.25) is 0 Å². The molecule has 0 fully saturated rings. The maximum Gasteiger partial charge on any atom is 0.245 e. The first kappa shape index (κ1) is 18.2. The van der Waals surface area contributed by atoms with Gasteiger partial charge in [0.05, 0.1) is 6.54 Å². The topological polar surface area (TPSA) is 46.1 Å². The fourth-order valence-corrected chi connectivity index (χ4v) is 3.35. The molecule has 0 saturated carbocycles. The molecule has 7 heteroatoms. The van der Waals surface area contributed by atoms with Crippen molar-refractivity contribution >= 4 is 46.3 Å². The predicted octanol–water partition coefficient (Wildman–Crippen LogP) is 4.45. The Hall–Kier alpha value is -1.11. The van der Waals surface area contributed by atoms with Crippen molar-refractivity contribution in [2.45, 2.75) is 37.0 Å². The number of hydrogen-bond acceptors (Lipinski definition) is 5. The maximum atomic E-state index is 12.9. The molecule has 124 valence electrons. The van der Waals surface area contributed by atoms with Crippen LogP contribution in [0.15, 0.2) is 34.7 Å². The summed E-state index contributed by atoms with van der Waals surface area (Å²) in [7, 11) is 0. The van der Waals surface area contributed by atoms with Crippen LogP contribution in [-0.4, -0.2) is 27.7 Å². The molecule has 2 aromatic rings. The lowest BCUT2D eigenvalue weighted by Gasteiger charge is -2.30. The van der Waals surface area contributed by atoms with Crippen LogP contribution in [0.3, 0.4) is 0 Å². The summed E-state index contributed by atoms with van der Waals surface area (Å²) >= 11 is 9.47. The molecule has 0 aliphatic carbocycles. The number of thioether (sulfide) groups is 1. The SMILES string of the molecule is CSc1nnc(CN(C(=O)C(Cl)C(C)(C)C)c2ccccc2)s1. The average Bonchev–Trinajstić information content (AvgIpc) is 2.99. The Labute approximate surface area is 150 Å². The number of halogens is 1. The number of alkyl halides is 1. The highest BCUT2D eigenvalue weighted by Gasteiger charge is 2.33. The third-order valence-corrected chi connectivity index (χ3v) is 5.95. The second kappa shape index (κ2) is 7.64. The zero-order chi connectivity index (χ0) is 17.0. The molecule has 0 N–H and O–H groups in total. The summed E-state index contributed by atoms with van der Waals surface area (Å²) in [5.74, 6) is -0.119. The summed E-state index contributed by atoms with van der Waals surface area (Å²) in [4.78, 5) is 14.6. The van der Waals surface area contributed by atoms with E-state index in [-0.39, 0.29) is 11.3 Å². The van der Waals surface area contributed by atoms with Gasteiger partial charge in [-0.1, -0.05) is 62.1 Å². The predicted molar refractivity (Wildman–Crippen MR) is 98.4 cm³/mol. The minimum absolute atomic E-state index is 0.119. The average molecular weight is 370 g/mol. The standard InChI is InChI=1S/C16H20ClN3OS2/c1-16(2,3)13(17)14(21)20(11-8-6-5-7-9-11)10-12-18-19-15(22-4)23-12/h5-9,13H,10H2,1-4H3. The van der Waals surface area contributed by atoms with Crippen molar-refractivity contribution in [3.05, 3.63) is 35.3 Å². The molecule has 1 atom stereocenters. The molecule has 1 heterocycles. The van der Waals surface area contributed by atoms with Crippen molar-refractivity contribution in [1.29, 1.82) is 0 Å². The first-order chi connectivity index (χ1) is 10.8. The molecule has 4 nitrogen and oxygen atoms in total. The van der Waals surface area contributed by atoms with Crippen molar-refractivity contribution < 1.29 is 4.79 Å². The quantitative estimate of drug-likeness (QED) is 0.577. The van der Waals surface area contributed by atoms with Gasteiger partial charge in [-0.25, -0.2) is 0 Å². The van der Waals surface area contributed by atoms with Gasteiger partial charge in [0.2, 0.25) is 5.91 Å². The highest BCUT2D eigenvalue weighted by atomic mass is 35.5. The molecule has 1 aromatic heterocycles. The van der Waals surface area contributed by atoms with E-state index >= 15 is 0 Å². The van der Waals surface area contributed by atoms with Crippen LogP contribution in [0, 0.1) is 5.41 Å². The number of carbonyl (C=O) groups is 1. The Morgan fingerprint density at radius 1 is 1.30 bits per heavy atom. The van der Waals surface area contributed by atoms with Crippen LogP contribution in [0.1, 0.15) is 25.8 Å². The Morgan fingerprint density at radius 3 is 2.48 bits per heavy atom. The zero-order valence-corrected chi connectivity index (χ0v) is 16.0. The van der Waals surface area contributed by atoms with E-state index in [1.165, 1.54) is 11.3 Å². The normalized spacial score (nSPS) is 12.9. The number of benzene rings is 1. The number of rotatable bonds is 5. The second-order valence-electron chi connectivity index (χ2n) is 6.15. The largest absolute Gasteiger partial charge is 0.304 e. The van der Waals surface area contributed by atoms with E-state index in [0.717, 1.165) is 15.0 Å². The van der Waals surface area contributed by atoms with E-state index in [2.05, 4.69) is 10.2 Å². The molecule has 1 amide bonds. The molecule has 0 saturated heterocycles. The number of para-hydroxylation sites is 1. The van der Waals surface area contributed by atoms with Gasteiger partial charge in [0.15, 0.2) is 4.34 Å². The van der Waals surface area contributed by atoms with E-state index in [1.807, 2.05) is 57.4 Å². The van der Waals surface area contributed by atoms with Crippen LogP contribution in [0.25, 0.3) is 0 Å². The van der Waals surface area contributed by atoms with Crippen molar-refractivity contribution in [2.75, 3.05) is 11.2 Å². The fourth-order valence-electron chi connectivity index (χ4n) is 1.93. The van der Waals surface area contributed by atoms with Gasteiger partial charge in [-0.05, 0) is 23.8 Å². The number of hydrogen-bond donors (Lipinski definition) is 0. The van der Waals surface area contributed by atoms with Gasteiger partial charge >= 0.3 is 0 Å². The van der Waals surface area contributed by atoms with Gasteiger partial charge in [-0.3, -0.25) is 4.79 Å². The molecule has 0 radical (unpaired) electrons. The highest BCUT2D eigenvalue weighted by molar-refractivity contribution is 8.00. The zero-order valence-electron chi connectivity index (χ0n) is 13.6. The van der Waals surface area contributed by atoms with Crippen LogP contribution in [0.5, 0.6) is 0 Å². The molecule has 1 aromatic carbocycles. The van der Waals surface area contributed by atoms with Gasteiger partial charge in [0, 0.05) is 5.69 Å². The Balaban J connectivity index is 2.30. The minimum Gasteiger partial charge on any atom is -0.304 e. The van der Waals surface area contributed by atoms with Gasteiger partial charge in [-0.15, -0.1) is 21.8 Å².